The number of allylic oxidation sites excluding steroid dienone is 6. The van der Waals surface area contributed by atoms with E-state index in [-0.39, 0.29) is 12.0 Å². The first-order valence-corrected chi connectivity index (χ1v) is 11.4. The van der Waals surface area contributed by atoms with Crippen LogP contribution < -0.4 is 0 Å². The molecule has 0 heterocycles. The van der Waals surface area contributed by atoms with Gasteiger partial charge in [0.25, 0.3) is 0 Å². The molecule has 170 valence electrons. The zero-order valence-corrected chi connectivity index (χ0v) is 19.4. The zero-order valence-electron chi connectivity index (χ0n) is 19.4. The van der Waals surface area contributed by atoms with Crippen LogP contribution in [0.25, 0.3) is 0 Å². The van der Waals surface area contributed by atoms with Crippen molar-refractivity contribution in [2.75, 3.05) is 13.2 Å². The van der Waals surface area contributed by atoms with Gasteiger partial charge in [0.15, 0.2) is 0 Å². The second-order valence-corrected chi connectivity index (χ2v) is 9.12. The third-order valence-corrected chi connectivity index (χ3v) is 5.87. The van der Waals surface area contributed by atoms with E-state index in [9.17, 15) is 9.90 Å². The number of hydrogen-bond donors (Lipinski definition) is 2. The van der Waals surface area contributed by atoms with Crippen molar-refractivity contribution in [2.24, 2.45) is 11.3 Å². The van der Waals surface area contributed by atoms with E-state index in [0.29, 0.717) is 12.5 Å². The smallest absolute Gasteiger partial charge is 0.329 e. The number of carboxylic acid groups (broad SMARTS) is 1. The molecule has 30 heavy (non-hydrogen) atoms. The summed E-state index contributed by atoms with van der Waals surface area (Å²) < 4.78 is 5.18. The predicted octanol–water partition coefficient (Wildman–Crippen LogP) is 6.23. The molecule has 4 nitrogen and oxygen atoms in total. The molecule has 0 amide bonds. The monoisotopic (exact) mass is 418 g/mol. The number of carbonyl (C=O) groups is 1. The molecular formula is C26H42O4. The van der Waals surface area contributed by atoms with Gasteiger partial charge in [0, 0.05) is 5.41 Å². The quantitative estimate of drug-likeness (QED) is 0.211. The Bertz CT molecular complexity index is 625. The minimum atomic E-state index is -0.939. The number of aliphatic hydroxyl groups is 1. The second kappa shape index (κ2) is 14.4. The molecule has 3 atom stereocenters. The van der Waals surface area contributed by atoms with E-state index in [4.69, 9.17) is 9.84 Å². The summed E-state index contributed by atoms with van der Waals surface area (Å²) in [6, 6.07) is 0. The van der Waals surface area contributed by atoms with Gasteiger partial charge < -0.3 is 14.9 Å². The molecule has 0 radical (unpaired) electrons. The molecule has 1 saturated carbocycles. The van der Waals surface area contributed by atoms with Gasteiger partial charge in [0.05, 0.1) is 12.7 Å². The van der Waals surface area contributed by atoms with E-state index < -0.39 is 12.1 Å². The third kappa shape index (κ3) is 11.5. The maximum absolute atomic E-state index is 10.6. The number of hydrogen-bond acceptors (Lipinski definition) is 3. The van der Waals surface area contributed by atoms with Gasteiger partial charge in [-0.15, -0.1) is 0 Å². The minimum Gasteiger partial charge on any atom is -0.480 e. The lowest BCUT2D eigenvalue weighted by atomic mass is 9.71. The van der Waals surface area contributed by atoms with Crippen LogP contribution in [0.4, 0.5) is 0 Å². The first-order chi connectivity index (χ1) is 14.2. The largest absolute Gasteiger partial charge is 0.480 e. The highest BCUT2D eigenvalue weighted by molar-refractivity contribution is 5.68. The highest BCUT2D eigenvalue weighted by Crippen LogP contribution is 2.41. The summed E-state index contributed by atoms with van der Waals surface area (Å²) in [4.78, 5) is 10.6. The standard InChI is InChI=1S/C26H42O4/c1-21(2)10-9-11-22(3)14-15-24(27)13-6-8-18-26(4)17-7-5-12-23(26)16-19-30-20-25(28)29/h6,8,10,13,16,18,22,24,27H,5,7,9,11-12,14-15,17,19-20H2,1-4H3,(H,28,29)/t22-,24-,26-/m0/s1. The molecule has 1 aliphatic rings. The van der Waals surface area contributed by atoms with Gasteiger partial charge in [-0.2, -0.15) is 0 Å². The first kappa shape index (κ1) is 26.4. The summed E-state index contributed by atoms with van der Waals surface area (Å²) >= 11 is 0. The molecule has 1 rings (SSSR count). The van der Waals surface area contributed by atoms with Crippen LogP contribution >= 0.6 is 0 Å². The summed E-state index contributed by atoms with van der Waals surface area (Å²) in [6.45, 7) is 8.83. The molecule has 0 unspecified atom stereocenters. The van der Waals surface area contributed by atoms with E-state index in [2.05, 4.69) is 39.8 Å². The van der Waals surface area contributed by atoms with Gasteiger partial charge in [0.2, 0.25) is 0 Å². The van der Waals surface area contributed by atoms with Crippen molar-refractivity contribution >= 4 is 5.97 Å². The van der Waals surface area contributed by atoms with Crippen molar-refractivity contribution in [3.05, 3.63) is 47.6 Å². The summed E-state index contributed by atoms with van der Waals surface area (Å²) in [5, 5.41) is 18.9. The van der Waals surface area contributed by atoms with E-state index in [1.807, 2.05) is 24.3 Å². The molecule has 4 heteroatoms. The SMILES string of the molecule is CC(C)=CCC[C@H](C)CC[C@@H](O)C=CC=C[C@]1(C)CCCCC1=CCOCC(=O)O. The summed E-state index contributed by atoms with van der Waals surface area (Å²) in [7, 11) is 0. The Hall–Kier alpha value is -1.65. The second-order valence-electron chi connectivity index (χ2n) is 9.12. The van der Waals surface area contributed by atoms with Gasteiger partial charge in [-0.25, -0.2) is 4.79 Å². The maximum atomic E-state index is 10.6. The van der Waals surface area contributed by atoms with Gasteiger partial charge >= 0.3 is 5.97 Å². The van der Waals surface area contributed by atoms with Crippen LogP contribution in [0.3, 0.4) is 0 Å². The molecule has 0 aromatic heterocycles. The highest BCUT2D eigenvalue weighted by Gasteiger charge is 2.28. The summed E-state index contributed by atoms with van der Waals surface area (Å²) in [5.74, 6) is -0.318. The Morgan fingerprint density at radius 3 is 2.67 bits per heavy atom. The van der Waals surface area contributed by atoms with Gasteiger partial charge in [0.1, 0.15) is 6.61 Å². The molecule has 0 spiro atoms. The molecule has 0 aromatic rings. The van der Waals surface area contributed by atoms with Gasteiger partial charge in [-0.3, -0.25) is 0 Å². The van der Waals surface area contributed by atoms with E-state index >= 15 is 0 Å². The Kier molecular flexibility index (Phi) is 12.6. The Balaban J connectivity index is 2.47. The molecule has 1 fully saturated rings. The average molecular weight is 419 g/mol. The molecule has 0 saturated heterocycles. The summed E-state index contributed by atoms with van der Waals surface area (Å²) in [6.07, 6.45) is 20.6. The van der Waals surface area contributed by atoms with Crippen molar-refractivity contribution in [3.8, 4) is 0 Å². The van der Waals surface area contributed by atoms with Crippen molar-refractivity contribution < 1.29 is 19.7 Å². The number of rotatable bonds is 13. The van der Waals surface area contributed by atoms with Crippen molar-refractivity contribution in [1.82, 2.24) is 0 Å². The van der Waals surface area contributed by atoms with Crippen LogP contribution in [-0.4, -0.2) is 35.5 Å². The highest BCUT2D eigenvalue weighted by atomic mass is 16.5. The van der Waals surface area contributed by atoms with Crippen LogP contribution in [0.1, 0.15) is 79.1 Å². The van der Waals surface area contributed by atoms with E-state index in [0.717, 1.165) is 38.5 Å². The van der Waals surface area contributed by atoms with Crippen molar-refractivity contribution in [1.29, 1.82) is 0 Å². The van der Waals surface area contributed by atoms with Crippen molar-refractivity contribution in [2.45, 2.75) is 85.2 Å². The topological polar surface area (TPSA) is 66.8 Å². The van der Waals surface area contributed by atoms with Crippen LogP contribution in [0.5, 0.6) is 0 Å². The normalized spacial score (nSPS) is 23.2. The minimum absolute atomic E-state index is 0.0282. The molecule has 0 aromatic carbocycles. The van der Waals surface area contributed by atoms with Crippen LogP contribution in [0.15, 0.2) is 47.6 Å². The van der Waals surface area contributed by atoms with E-state index in [1.54, 1.807) is 0 Å². The van der Waals surface area contributed by atoms with Crippen LogP contribution in [0, 0.1) is 11.3 Å². The zero-order chi connectivity index (χ0) is 22.4. The Labute approximate surface area is 183 Å². The fourth-order valence-corrected chi connectivity index (χ4v) is 3.90. The Morgan fingerprint density at radius 1 is 1.20 bits per heavy atom. The number of ether oxygens (including phenoxy) is 1. The van der Waals surface area contributed by atoms with Gasteiger partial charge in [-0.1, -0.05) is 67.9 Å². The Morgan fingerprint density at radius 2 is 1.97 bits per heavy atom. The maximum Gasteiger partial charge on any atom is 0.329 e. The molecule has 2 N–H and O–H groups in total. The number of aliphatic carboxylic acids is 1. The molecule has 0 aliphatic heterocycles. The average Bonchev–Trinajstić information content (AvgIpc) is 2.68. The first-order valence-electron chi connectivity index (χ1n) is 11.4. The molecular weight excluding hydrogens is 376 g/mol. The fourth-order valence-electron chi connectivity index (χ4n) is 3.90. The molecule has 0 bridgehead atoms. The number of carboxylic acids is 1. The number of aliphatic hydroxyl groups excluding tert-OH is 1. The lowest BCUT2D eigenvalue weighted by Gasteiger charge is -2.34. The summed E-state index contributed by atoms with van der Waals surface area (Å²) in [5.41, 5.74) is 2.66. The van der Waals surface area contributed by atoms with Crippen LogP contribution in [0.2, 0.25) is 0 Å². The lowest BCUT2D eigenvalue weighted by Crippen LogP contribution is -2.21. The predicted molar refractivity (Wildman–Crippen MR) is 124 cm³/mol. The molecule has 1 aliphatic carbocycles. The van der Waals surface area contributed by atoms with E-state index in [1.165, 1.54) is 24.0 Å². The lowest BCUT2D eigenvalue weighted by molar-refractivity contribution is -0.141. The fraction of sp³-hybridized carbons (Fsp3) is 0.654. The van der Waals surface area contributed by atoms with Crippen LogP contribution in [-0.2, 0) is 9.53 Å². The van der Waals surface area contributed by atoms with Crippen molar-refractivity contribution in [3.63, 3.8) is 0 Å². The third-order valence-electron chi connectivity index (χ3n) is 5.87. The van der Waals surface area contributed by atoms with Gasteiger partial charge in [-0.05, 0) is 64.7 Å².